The summed E-state index contributed by atoms with van der Waals surface area (Å²) >= 11 is 0. The second-order valence-corrected chi connectivity index (χ2v) is 11.0. The predicted octanol–water partition coefficient (Wildman–Crippen LogP) is 6.20. The van der Waals surface area contributed by atoms with Gasteiger partial charge in [-0.1, -0.05) is 24.3 Å². The molecule has 7 aromatic rings. The van der Waals surface area contributed by atoms with Crippen molar-refractivity contribution in [2.24, 2.45) is 0 Å². The quantitative estimate of drug-likeness (QED) is 0.198. The van der Waals surface area contributed by atoms with Crippen LogP contribution in [0.2, 0.25) is 0 Å². The van der Waals surface area contributed by atoms with E-state index in [1.165, 1.54) is 55.8 Å². The molecule has 1 spiro atoms. The largest absolute Gasteiger partial charge is 0.456 e. The Balaban J connectivity index is 1.54. The summed E-state index contributed by atoms with van der Waals surface area (Å²) in [5.41, 5.74) is 12.5. The molecular formula is C34H22N4O+2. The molecule has 4 aromatic heterocycles. The number of imidazole rings is 1. The molecule has 3 aromatic carbocycles. The Morgan fingerprint density at radius 3 is 2.54 bits per heavy atom. The lowest BCUT2D eigenvalue weighted by atomic mass is 9.86. The highest BCUT2D eigenvalue weighted by Gasteiger charge is 2.68. The third-order valence-electron chi connectivity index (χ3n) is 9.12. The van der Waals surface area contributed by atoms with Crippen molar-refractivity contribution in [3.8, 4) is 34.0 Å². The summed E-state index contributed by atoms with van der Waals surface area (Å²) in [6.07, 6.45) is 6.51. The van der Waals surface area contributed by atoms with E-state index < -0.39 is 5.66 Å². The first-order valence-electron chi connectivity index (χ1n) is 13.4. The van der Waals surface area contributed by atoms with Crippen molar-refractivity contribution in [3.05, 3.63) is 120 Å². The van der Waals surface area contributed by atoms with E-state index >= 15 is 0 Å². The maximum atomic E-state index is 6.69. The molecule has 0 radical (unpaired) electrons. The fourth-order valence-electron chi connectivity index (χ4n) is 7.79. The lowest BCUT2D eigenvalue weighted by Crippen LogP contribution is -2.71. The zero-order valence-electron chi connectivity index (χ0n) is 21.4. The highest BCUT2D eigenvalue weighted by molar-refractivity contribution is 6.13. The van der Waals surface area contributed by atoms with Crippen molar-refractivity contribution in [1.29, 1.82) is 0 Å². The van der Waals surface area contributed by atoms with E-state index in [0.29, 0.717) is 0 Å². The van der Waals surface area contributed by atoms with Crippen LogP contribution >= 0.6 is 0 Å². The van der Waals surface area contributed by atoms with Crippen LogP contribution in [0.5, 0.6) is 11.5 Å². The van der Waals surface area contributed by atoms with Crippen LogP contribution in [-0.2, 0) is 5.66 Å². The molecule has 1 atom stereocenters. The summed E-state index contributed by atoms with van der Waals surface area (Å²) in [4.78, 5) is 4.95. The predicted molar refractivity (Wildman–Crippen MR) is 149 cm³/mol. The lowest BCUT2D eigenvalue weighted by molar-refractivity contribution is -0.950. The topological polar surface area (TPSA) is 34.3 Å². The molecule has 0 N–H and O–H groups in total. The SMILES string of the molecule is Cc1cccc(C)c1-c1c[n+]2c3c4c5c(ccc4c4ncccc4n13)Oc1cccc3c1C52[n+]1ccccc1-3. The molecule has 10 rings (SSSR count). The minimum absolute atomic E-state index is 0.588. The third kappa shape index (κ3) is 1.99. The summed E-state index contributed by atoms with van der Waals surface area (Å²) in [6.45, 7) is 4.42. The first-order chi connectivity index (χ1) is 19.2. The van der Waals surface area contributed by atoms with Gasteiger partial charge in [0.15, 0.2) is 17.4 Å². The van der Waals surface area contributed by atoms with Crippen LogP contribution in [0.1, 0.15) is 22.3 Å². The smallest absolute Gasteiger partial charge is 0.371 e. The zero-order chi connectivity index (χ0) is 25.6. The van der Waals surface area contributed by atoms with Gasteiger partial charge in [-0.05, 0) is 67.4 Å². The van der Waals surface area contributed by atoms with Crippen molar-refractivity contribution < 1.29 is 13.9 Å². The highest BCUT2D eigenvalue weighted by atomic mass is 16.5. The average molecular weight is 503 g/mol. The Bertz CT molecular complexity index is 2280. The van der Waals surface area contributed by atoms with Gasteiger partial charge in [0, 0.05) is 29.3 Å². The van der Waals surface area contributed by atoms with Gasteiger partial charge in [0.1, 0.15) is 34.3 Å². The number of rotatable bonds is 1. The van der Waals surface area contributed by atoms with Crippen molar-refractivity contribution in [1.82, 2.24) is 9.38 Å². The number of ether oxygens (including phenoxy) is 1. The fraction of sp³-hybridized carbons (Fsp3) is 0.0882. The maximum absolute atomic E-state index is 6.69. The van der Waals surface area contributed by atoms with Gasteiger partial charge in [-0.15, -0.1) is 4.57 Å². The van der Waals surface area contributed by atoms with Crippen LogP contribution in [0.25, 0.3) is 50.0 Å². The standard InChI is InChI=1S/C34H22N4O/c1-19-8-5-9-20(2)28(19)25-18-37-33-29-22(32-24(38(25)33)12-7-16-35-32)14-15-27-31(29)34(37)30-21(10-6-13-26(30)39-27)23-11-3-4-17-36(23)34/h3-18H,1-2H3/q+2. The van der Waals surface area contributed by atoms with Crippen molar-refractivity contribution in [3.63, 3.8) is 0 Å². The van der Waals surface area contributed by atoms with E-state index in [1.54, 1.807) is 0 Å². The number of hydrogen-bond donors (Lipinski definition) is 0. The fourth-order valence-corrected chi connectivity index (χ4v) is 7.79. The monoisotopic (exact) mass is 502 g/mol. The zero-order valence-corrected chi connectivity index (χ0v) is 21.4. The van der Waals surface area contributed by atoms with Crippen molar-refractivity contribution in [2.75, 3.05) is 0 Å². The molecule has 5 nitrogen and oxygen atoms in total. The van der Waals surface area contributed by atoms with Gasteiger partial charge in [0.25, 0.3) is 0 Å². The van der Waals surface area contributed by atoms with E-state index in [0.717, 1.165) is 27.9 Å². The number of hydrogen-bond acceptors (Lipinski definition) is 2. The normalized spacial score (nSPS) is 17.3. The van der Waals surface area contributed by atoms with Crippen LogP contribution in [0, 0.1) is 13.8 Å². The average Bonchev–Trinajstić information content (AvgIpc) is 3.59. The van der Waals surface area contributed by atoms with Crippen molar-refractivity contribution >= 4 is 27.5 Å². The van der Waals surface area contributed by atoms with Crippen LogP contribution in [0.4, 0.5) is 0 Å². The molecule has 3 aliphatic rings. The molecule has 1 unspecified atom stereocenters. The number of aryl methyl sites for hydroxylation is 2. The number of pyridine rings is 3. The summed E-state index contributed by atoms with van der Waals surface area (Å²) < 4.78 is 14.1. The highest BCUT2D eigenvalue weighted by Crippen LogP contribution is 2.57. The number of nitrogens with zero attached hydrogens (tertiary/aromatic N) is 4. The van der Waals surface area contributed by atoms with Crippen LogP contribution in [0.15, 0.2) is 97.5 Å². The second kappa shape index (κ2) is 6.33. The third-order valence-corrected chi connectivity index (χ3v) is 9.12. The molecule has 0 aliphatic carbocycles. The number of benzene rings is 3. The molecule has 5 heteroatoms. The Hall–Kier alpha value is -5.03. The molecule has 3 aliphatic heterocycles. The van der Waals surface area contributed by atoms with E-state index in [9.17, 15) is 0 Å². The van der Waals surface area contributed by atoms with E-state index in [-0.39, 0.29) is 0 Å². The van der Waals surface area contributed by atoms with E-state index in [1.807, 2.05) is 12.3 Å². The Morgan fingerprint density at radius 2 is 1.64 bits per heavy atom. The number of fused-ring (bicyclic) bond motifs is 5. The van der Waals surface area contributed by atoms with E-state index in [4.69, 9.17) is 9.72 Å². The summed E-state index contributed by atoms with van der Waals surface area (Å²) in [7, 11) is 0. The van der Waals surface area contributed by atoms with E-state index in [2.05, 4.69) is 113 Å². The van der Waals surface area contributed by atoms with Crippen LogP contribution in [-0.4, -0.2) is 9.38 Å². The first-order valence-corrected chi connectivity index (χ1v) is 13.4. The van der Waals surface area contributed by atoms with Crippen LogP contribution in [0.3, 0.4) is 0 Å². The molecule has 7 heterocycles. The minimum atomic E-state index is -0.588. The van der Waals surface area contributed by atoms with Gasteiger partial charge in [-0.25, -0.2) is 0 Å². The summed E-state index contributed by atoms with van der Waals surface area (Å²) in [6, 6.07) is 28.1. The van der Waals surface area contributed by atoms with Gasteiger partial charge in [-0.2, -0.15) is 8.97 Å². The van der Waals surface area contributed by atoms with Gasteiger partial charge in [0.05, 0.1) is 10.9 Å². The summed E-state index contributed by atoms with van der Waals surface area (Å²) in [5, 5.41) is 2.36. The second-order valence-electron chi connectivity index (χ2n) is 11.0. The Morgan fingerprint density at radius 1 is 0.795 bits per heavy atom. The Kier molecular flexibility index (Phi) is 3.25. The lowest BCUT2D eigenvalue weighted by Gasteiger charge is -2.27. The maximum Gasteiger partial charge on any atom is 0.371 e. The molecule has 0 bridgehead atoms. The van der Waals surface area contributed by atoms with Gasteiger partial charge < -0.3 is 4.74 Å². The minimum Gasteiger partial charge on any atom is -0.456 e. The molecule has 0 fully saturated rings. The van der Waals surface area contributed by atoms with Gasteiger partial charge >= 0.3 is 11.3 Å². The first kappa shape index (κ1) is 20.0. The molecule has 0 saturated heterocycles. The van der Waals surface area contributed by atoms with Crippen LogP contribution < -0.4 is 13.9 Å². The van der Waals surface area contributed by atoms with Gasteiger partial charge in [0.2, 0.25) is 5.69 Å². The molecule has 0 amide bonds. The molecule has 182 valence electrons. The number of aromatic nitrogens is 4. The van der Waals surface area contributed by atoms with Crippen molar-refractivity contribution in [2.45, 2.75) is 19.5 Å². The summed E-state index contributed by atoms with van der Waals surface area (Å²) in [5.74, 6) is 1.82. The molecule has 39 heavy (non-hydrogen) atoms. The molecular weight excluding hydrogens is 480 g/mol. The molecule has 0 saturated carbocycles. The Labute approximate surface area is 223 Å². The van der Waals surface area contributed by atoms with Gasteiger partial charge in [-0.3, -0.25) is 4.98 Å².